The Labute approximate surface area is 161 Å². The zero-order valence-corrected chi connectivity index (χ0v) is 15.6. The lowest BCUT2D eigenvalue weighted by atomic mass is 10.1. The summed E-state index contributed by atoms with van der Waals surface area (Å²) in [7, 11) is 0. The van der Waals surface area contributed by atoms with Gasteiger partial charge in [0.25, 0.3) is 5.91 Å². The second-order valence-electron chi connectivity index (χ2n) is 6.57. The van der Waals surface area contributed by atoms with E-state index in [0.29, 0.717) is 22.1 Å². The van der Waals surface area contributed by atoms with E-state index in [9.17, 15) is 9.59 Å². The van der Waals surface area contributed by atoms with E-state index in [-0.39, 0.29) is 12.7 Å². The normalized spacial score (nSPS) is 15.4. The standard InChI is InChI=1S/C20H20N2O4S/c21-19(24)18-13-4-2-1-3-5-16(13)27-20(18)22-17(23)9-7-12-6-8-14-15(10-12)26-11-25-14/h6-10H,1-5,11H2,(H2,21,24)(H,22,23)/b9-7+. The number of carbonyl (C=O) groups excluding carboxylic acids is 2. The van der Waals surface area contributed by atoms with Crippen molar-refractivity contribution in [2.24, 2.45) is 5.73 Å². The van der Waals surface area contributed by atoms with Crippen LogP contribution in [0.3, 0.4) is 0 Å². The van der Waals surface area contributed by atoms with Gasteiger partial charge in [-0.15, -0.1) is 11.3 Å². The zero-order chi connectivity index (χ0) is 18.8. The number of hydrogen-bond acceptors (Lipinski definition) is 5. The molecule has 0 bridgehead atoms. The lowest BCUT2D eigenvalue weighted by molar-refractivity contribution is -0.111. The molecule has 140 valence electrons. The summed E-state index contributed by atoms with van der Waals surface area (Å²) in [5, 5.41) is 3.38. The molecule has 7 heteroatoms. The number of nitrogens with two attached hydrogens (primary N) is 1. The number of amides is 2. The largest absolute Gasteiger partial charge is 0.454 e. The zero-order valence-electron chi connectivity index (χ0n) is 14.7. The number of anilines is 1. The highest BCUT2D eigenvalue weighted by molar-refractivity contribution is 7.17. The molecule has 1 aromatic heterocycles. The van der Waals surface area contributed by atoms with Gasteiger partial charge in [0.2, 0.25) is 12.7 Å². The third-order valence-corrected chi connectivity index (χ3v) is 5.94. The first kappa shape index (κ1) is 17.6. The second kappa shape index (κ2) is 7.44. The van der Waals surface area contributed by atoms with Gasteiger partial charge < -0.3 is 20.5 Å². The molecule has 4 rings (SSSR count). The lowest BCUT2D eigenvalue weighted by Gasteiger charge is -2.04. The van der Waals surface area contributed by atoms with Crippen LogP contribution in [0.4, 0.5) is 5.00 Å². The third kappa shape index (κ3) is 3.68. The maximum absolute atomic E-state index is 12.4. The summed E-state index contributed by atoms with van der Waals surface area (Å²) in [5.41, 5.74) is 7.91. The predicted molar refractivity (Wildman–Crippen MR) is 104 cm³/mol. The van der Waals surface area contributed by atoms with Crippen molar-refractivity contribution in [2.45, 2.75) is 32.1 Å². The number of carbonyl (C=O) groups is 2. The molecular formula is C20H20N2O4S. The Bertz CT molecular complexity index is 932. The summed E-state index contributed by atoms with van der Waals surface area (Å²) in [6.45, 7) is 0.210. The average molecular weight is 384 g/mol. The average Bonchev–Trinajstić information content (AvgIpc) is 3.17. The first-order valence-corrected chi connectivity index (χ1v) is 9.76. The molecule has 0 fully saturated rings. The summed E-state index contributed by atoms with van der Waals surface area (Å²) in [5.74, 6) is 0.578. The summed E-state index contributed by atoms with van der Waals surface area (Å²) < 4.78 is 10.6. The lowest BCUT2D eigenvalue weighted by Crippen LogP contribution is -2.16. The molecule has 3 N–H and O–H groups in total. The van der Waals surface area contributed by atoms with Gasteiger partial charge in [-0.2, -0.15) is 0 Å². The van der Waals surface area contributed by atoms with Crippen LogP contribution in [0.1, 0.15) is 45.6 Å². The number of ether oxygens (including phenoxy) is 2. The summed E-state index contributed by atoms with van der Waals surface area (Å²) in [6, 6.07) is 5.47. The first-order valence-electron chi connectivity index (χ1n) is 8.95. The van der Waals surface area contributed by atoms with E-state index >= 15 is 0 Å². The van der Waals surface area contributed by atoms with E-state index in [1.54, 1.807) is 12.1 Å². The predicted octanol–water partition coefficient (Wildman–Crippen LogP) is 3.50. The van der Waals surface area contributed by atoms with Crippen LogP contribution in [0.5, 0.6) is 11.5 Å². The van der Waals surface area contributed by atoms with Gasteiger partial charge in [-0.1, -0.05) is 12.5 Å². The van der Waals surface area contributed by atoms with Gasteiger partial charge in [-0.3, -0.25) is 9.59 Å². The van der Waals surface area contributed by atoms with Gasteiger partial charge >= 0.3 is 0 Å². The number of nitrogens with one attached hydrogen (secondary N) is 1. The van der Waals surface area contributed by atoms with Crippen molar-refractivity contribution in [3.63, 3.8) is 0 Å². The van der Waals surface area contributed by atoms with Crippen molar-refractivity contribution in [1.29, 1.82) is 0 Å². The Kier molecular flexibility index (Phi) is 4.85. The smallest absolute Gasteiger partial charge is 0.251 e. The molecule has 2 amide bonds. The number of benzene rings is 1. The molecule has 0 spiro atoms. The Morgan fingerprint density at radius 1 is 1.11 bits per heavy atom. The number of hydrogen-bond donors (Lipinski definition) is 2. The second-order valence-corrected chi connectivity index (χ2v) is 7.67. The van der Waals surface area contributed by atoms with Gasteiger partial charge in [-0.25, -0.2) is 0 Å². The molecule has 1 aromatic carbocycles. The Hall–Kier alpha value is -2.80. The fourth-order valence-corrected chi connectivity index (χ4v) is 4.73. The number of aryl methyl sites for hydroxylation is 1. The molecule has 0 unspecified atom stereocenters. The minimum Gasteiger partial charge on any atom is -0.454 e. The molecule has 1 aliphatic carbocycles. The molecule has 2 aliphatic rings. The van der Waals surface area contributed by atoms with E-state index in [4.69, 9.17) is 15.2 Å². The number of thiophene rings is 1. The van der Waals surface area contributed by atoms with Gasteiger partial charge in [0.05, 0.1) is 5.56 Å². The minimum absolute atomic E-state index is 0.210. The maximum atomic E-state index is 12.4. The van der Waals surface area contributed by atoms with Crippen LogP contribution in [0.15, 0.2) is 24.3 Å². The monoisotopic (exact) mass is 384 g/mol. The fourth-order valence-electron chi connectivity index (χ4n) is 3.43. The van der Waals surface area contributed by atoms with E-state index in [1.807, 2.05) is 12.1 Å². The van der Waals surface area contributed by atoms with Gasteiger partial charge in [0.1, 0.15) is 5.00 Å². The van der Waals surface area contributed by atoms with Crippen LogP contribution >= 0.6 is 11.3 Å². The minimum atomic E-state index is -0.482. The molecule has 1 aliphatic heterocycles. The summed E-state index contributed by atoms with van der Waals surface area (Å²) in [4.78, 5) is 25.5. The fraction of sp³-hybridized carbons (Fsp3) is 0.300. The third-order valence-electron chi connectivity index (χ3n) is 4.73. The van der Waals surface area contributed by atoms with Crippen LogP contribution in [0.25, 0.3) is 6.08 Å². The highest BCUT2D eigenvalue weighted by atomic mass is 32.1. The van der Waals surface area contributed by atoms with E-state index in [0.717, 1.165) is 48.1 Å². The van der Waals surface area contributed by atoms with E-state index in [1.165, 1.54) is 17.4 Å². The Morgan fingerprint density at radius 2 is 1.93 bits per heavy atom. The van der Waals surface area contributed by atoms with Crippen LogP contribution < -0.4 is 20.5 Å². The molecule has 27 heavy (non-hydrogen) atoms. The summed E-state index contributed by atoms with van der Waals surface area (Å²) >= 11 is 1.47. The molecule has 0 atom stereocenters. The van der Waals surface area contributed by atoms with Crippen molar-refractivity contribution in [2.75, 3.05) is 12.1 Å². The Morgan fingerprint density at radius 3 is 2.78 bits per heavy atom. The highest BCUT2D eigenvalue weighted by Crippen LogP contribution is 2.37. The van der Waals surface area contributed by atoms with Crippen molar-refractivity contribution in [3.8, 4) is 11.5 Å². The first-order chi connectivity index (χ1) is 13.1. The Balaban J connectivity index is 1.52. The van der Waals surface area contributed by atoms with Crippen molar-refractivity contribution in [3.05, 3.63) is 45.8 Å². The van der Waals surface area contributed by atoms with Crippen molar-refractivity contribution in [1.82, 2.24) is 0 Å². The maximum Gasteiger partial charge on any atom is 0.251 e. The highest BCUT2D eigenvalue weighted by Gasteiger charge is 2.23. The van der Waals surface area contributed by atoms with Crippen LogP contribution in [0.2, 0.25) is 0 Å². The number of rotatable bonds is 4. The van der Waals surface area contributed by atoms with E-state index < -0.39 is 5.91 Å². The molecule has 2 aromatic rings. The number of fused-ring (bicyclic) bond motifs is 2. The van der Waals surface area contributed by atoms with Crippen LogP contribution in [0, 0.1) is 0 Å². The van der Waals surface area contributed by atoms with Crippen molar-refractivity contribution < 1.29 is 19.1 Å². The van der Waals surface area contributed by atoms with Gasteiger partial charge in [0.15, 0.2) is 11.5 Å². The molecule has 6 nitrogen and oxygen atoms in total. The molecule has 0 saturated carbocycles. The van der Waals surface area contributed by atoms with Crippen LogP contribution in [-0.2, 0) is 17.6 Å². The topological polar surface area (TPSA) is 90.7 Å². The molecular weight excluding hydrogens is 364 g/mol. The molecule has 0 saturated heterocycles. The van der Waals surface area contributed by atoms with Gasteiger partial charge in [0, 0.05) is 11.0 Å². The quantitative estimate of drug-likeness (QED) is 0.624. The van der Waals surface area contributed by atoms with Gasteiger partial charge in [-0.05, 0) is 55.0 Å². The number of primary amides is 1. The van der Waals surface area contributed by atoms with E-state index in [2.05, 4.69) is 5.32 Å². The SMILES string of the molecule is NC(=O)c1c(NC(=O)/C=C/c2ccc3c(c2)OCO3)sc2c1CCCCC2. The summed E-state index contributed by atoms with van der Waals surface area (Å²) in [6.07, 6.45) is 8.20. The van der Waals surface area contributed by atoms with Crippen molar-refractivity contribution >= 4 is 34.2 Å². The van der Waals surface area contributed by atoms with Crippen LogP contribution in [-0.4, -0.2) is 18.6 Å². The molecule has 0 radical (unpaired) electrons. The molecule has 2 heterocycles.